The Balaban J connectivity index is 1.69. The second-order valence-electron chi connectivity index (χ2n) is 6.29. The first-order chi connectivity index (χ1) is 13.8. The molecular weight excluding hydrogens is 357 g/mol. The van der Waals surface area contributed by atoms with Crippen LogP contribution in [0.2, 0.25) is 0 Å². The molecule has 0 radical (unpaired) electrons. The van der Waals surface area contributed by atoms with Crippen molar-refractivity contribution in [2.45, 2.75) is 26.3 Å². The first kappa shape index (κ1) is 17.8. The van der Waals surface area contributed by atoms with Crippen molar-refractivity contribution in [3.63, 3.8) is 0 Å². The van der Waals surface area contributed by atoms with E-state index in [-0.39, 0.29) is 5.69 Å². The smallest absolute Gasteiger partial charge is 0.162 e. The molecule has 4 heterocycles. The average Bonchev–Trinajstić information content (AvgIpc) is 3.18. The maximum absolute atomic E-state index is 14.2. The molecule has 0 aliphatic rings. The van der Waals surface area contributed by atoms with E-state index >= 15 is 0 Å². The van der Waals surface area contributed by atoms with Crippen LogP contribution in [0.4, 0.5) is 4.39 Å². The third-order valence-corrected chi connectivity index (χ3v) is 4.34. The number of imidazole rings is 1. The predicted octanol–water partition coefficient (Wildman–Crippen LogP) is 3.33. The molecule has 0 aliphatic heterocycles. The van der Waals surface area contributed by atoms with Crippen LogP contribution in [0.1, 0.15) is 24.6 Å². The van der Waals surface area contributed by atoms with Gasteiger partial charge in [0.2, 0.25) is 0 Å². The van der Waals surface area contributed by atoms with Crippen molar-refractivity contribution in [1.82, 2.24) is 34.7 Å². The fourth-order valence-corrected chi connectivity index (χ4v) is 3.01. The first-order valence-corrected chi connectivity index (χ1v) is 8.99. The van der Waals surface area contributed by atoms with Crippen LogP contribution < -0.4 is 0 Å². The van der Waals surface area contributed by atoms with Gasteiger partial charge in [0.25, 0.3) is 0 Å². The molecule has 0 saturated carbocycles. The SMILES string of the molecule is CCCc1cc(-c2cncnc2)nnc1Cn1ccnc1-c1ncccc1F. The molecule has 7 nitrogen and oxygen atoms in total. The van der Waals surface area contributed by atoms with Gasteiger partial charge in [-0.3, -0.25) is 0 Å². The third-order valence-electron chi connectivity index (χ3n) is 4.34. The molecule has 8 heteroatoms. The van der Waals surface area contributed by atoms with Crippen LogP contribution in [0.5, 0.6) is 0 Å². The van der Waals surface area contributed by atoms with E-state index in [4.69, 9.17) is 0 Å². The molecule has 0 N–H and O–H groups in total. The summed E-state index contributed by atoms with van der Waals surface area (Å²) in [4.78, 5) is 16.5. The summed E-state index contributed by atoms with van der Waals surface area (Å²) in [6.45, 7) is 2.54. The van der Waals surface area contributed by atoms with E-state index in [2.05, 4.69) is 37.1 Å². The zero-order valence-electron chi connectivity index (χ0n) is 15.3. The molecular formula is C20H18FN7. The van der Waals surface area contributed by atoms with Gasteiger partial charge in [-0.25, -0.2) is 24.3 Å². The van der Waals surface area contributed by atoms with E-state index in [1.54, 1.807) is 37.1 Å². The van der Waals surface area contributed by atoms with Gasteiger partial charge < -0.3 is 4.57 Å². The topological polar surface area (TPSA) is 82.3 Å². The Morgan fingerprint density at radius 1 is 1.07 bits per heavy atom. The van der Waals surface area contributed by atoms with E-state index in [9.17, 15) is 4.39 Å². The number of hydrogen-bond acceptors (Lipinski definition) is 6. The van der Waals surface area contributed by atoms with Gasteiger partial charge >= 0.3 is 0 Å². The first-order valence-electron chi connectivity index (χ1n) is 8.99. The monoisotopic (exact) mass is 375 g/mol. The highest BCUT2D eigenvalue weighted by Gasteiger charge is 2.15. The van der Waals surface area contributed by atoms with E-state index in [0.29, 0.717) is 12.4 Å². The lowest BCUT2D eigenvalue weighted by atomic mass is 10.1. The predicted molar refractivity (Wildman–Crippen MR) is 102 cm³/mol. The molecule has 0 spiro atoms. The zero-order valence-corrected chi connectivity index (χ0v) is 15.3. The summed E-state index contributed by atoms with van der Waals surface area (Å²) >= 11 is 0. The van der Waals surface area contributed by atoms with Gasteiger partial charge in [0.1, 0.15) is 12.0 Å². The summed E-state index contributed by atoms with van der Waals surface area (Å²) in [6.07, 6.45) is 11.7. The zero-order chi connectivity index (χ0) is 19.3. The summed E-state index contributed by atoms with van der Waals surface area (Å²) in [5.74, 6) is 0.0529. The van der Waals surface area contributed by atoms with Gasteiger partial charge in [-0.05, 0) is 30.2 Å². The molecule has 140 valence electrons. The average molecular weight is 375 g/mol. The minimum Gasteiger partial charge on any atom is -0.324 e. The van der Waals surface area contributed by atoms with Gasteiger partial charge in [0.15, 0.2) is 11.6 Å². The summed E-state index contributed by atoms with van der Waals surface area (Å²) in [6, 6.07) is 4.95. The standard InChI is InChI=1S/C20H18FN7/c1-2-4-14-9-17(15-10-22-13-23-11-15)26-27-18(14)12-28-8-7-25-20(28)19-16(21)5-3-6-24-19/h3,5-11,13H,2,4,12H2,1H3. The number of rotatable bonds is 6. The van der Waals surface area contributed by atoms with Gasteiger partial charge in [-0.1, -0.05) is 13.3 Å². The molecule has 0 aromatic carbocycles. The number of pyridine rings is 1. The molecule has 0 aliphatic carbocycles. The maximum Gasteiger partial charge on any atom is 0.162 e. The second kappa shape index (κ2) is 7.99. The number of hydrogen-bond donors (Lipinski definition) is 0. The van der Waals surface area contributed by atoms with Gasteiger partial charge in [-0.15, -0.1) is 0 Å². The van der Waals surface area contributed by atoms with Crippen molar-refractivity contribution in [2.24, 2.45) is 0 Å². The highest BCUT2D eigenvalue weighted by Crippen LogP contribution is 2.22. The normalized spacial score (nSPS) is 10.9. The van der Waals surface area contributed by atoms with Crippen LogP contribution in [-0.4, -0.2) is 34.7 Å². The Hall–Kier alpha value is -3.55. The Morgan fingerprint density at radius 2 is 1.93 bits per heavy atom. The number of aryl methyl sites for hydroxylation is 1. The molecule has 0 bridgehead atoms. The molecule has 0 amide bonds. The maximum atomic E-state index is 14.2. The second-order valence-corrected chi connectivity index (χ2v) is 6.29. The molecule has 0 fully saturated rings. The van der Waals surface area contributed by atoms with Crippen LogP contribution in [0, 0.1) is 5.82 Å². The lowest BCUT2D eigenvalue weighted by molar-refractivity contribution is 0.621. The number of nitrogens with zero attached hydrogens (tertiary/aromatic N) is 7. The van der Waals surface area contributed by atoms with Crippen LogP contribution in [0.15, 0.2) is 55.5 Å². The van der Waals surface area contributed by atoms with E-state index in [0.717, 1.165) is 35.4 Å². The fourth-order valence-electron chi connectivity index (χ4n) is 3.01. The largest absolute Gasteiger partial charge is 0.324 e. The minimum absolute atomic E-state index is 0.218. The Bertz CT molecular complexity index is 1080. The highest BCUT2D eigenvalue weighted by molar-refractivity contribution is 5.57. The lowest BCUT2D eigenvalue weighted by Crippen LogP contribution is -2.09. The van der Waals surface area contributed by atoms with Gasteiger partial charge in [0, 0.05) is 36.5 Å². The summed E-state index contributed by atoms with van der Waals surface area (Å²) in [5.41, 5.74) is 3.67. The molecule has 0 saturated heterocycles. The van der Waals surface area contributed by atoms with E-state index in [1.165, 1.54) is 12.4 Å². The van der Waals surface area contributed by atoms with Crippen LogP contribution >= 0.6 is 0 Å². The molecule has 4 aromatic heterocycles. The fraction of sp³-hybridized carbons (Fsp3) is 0.200. The van der Waals surface area contributed by atoms with Crippen molar-refractivity contribution in [3.05, 3.63) is 72.6 Å². The van der Waals surface area contributed by atoms with Gasteiger partial charge in [0.05, 0.1) is 17.9 Å². The molecule has 4 rings (SSSR count). The molecule has 0 unspecified atom stereocenters. The number of aromatic nitrogens is 7. The Morgan fingerprint density at radius 3 is 2.71 bits per heavy atom. The van der Waals surface area contributed by atoms with Gasteiger partial charge in [-0.2, -0.15) is 10.2 Å². The number of halogens is 1. The summed E-state index contributed by atoms with van der Waals surface area (Å²) in [7, 11) is 0. The van der Waals surface area contributed by atoms with Crippen LogP contribution in [-0.2, 0) is 13.0 Å². The lowest BCUT2D eigenvalue weighted by Gasteiger charge is -2.12. The Kier molecular flexibility index (Phi) is 5.09. The van der Waals surface area contributed by atoms with E-state index < -0.39 is 5.82 Å². The molecule has 28 heavy (non-hydrogen) atoms. The Labute approximate surface area is 161 Å². The van der Waals surface area contributed by atoms with Crippen molar-refractivity contribution in [2.75, 3.05) is 0 Å². The van der Waals surface area contributed by atoms with Crippen LogP contribution in [0.25, 0.3) is 22.8 Å². The van der Waals surface area contributed by atoms with E-state index in [1.807, 2.05) is 10.6 Å². The minimum atomic E-state index is -0.408. The van der Waals surface area contributed by atoms with Crippen LogP contribution in [0.3, 0.4) is 0 Å². The van der Waals surface area contributed by atoms with Crippen molar-refractivity contribution >= 4 is 0 Å². The molecule has 0 atom stereocenters. The van der Waals surface area contributed by atoms with Crippen molar-refractivity contribution in [3.8, 4) is 22.8 Å². The van der Waals surface area contributed by atoms with Crippen molar-refractivity contribution < 1.29 is 4.39 Å². The third kappa shape index (κ3) is 3.62. The summed E-state index contributed by atoms with van der Waals surface area (Å²) < 4.78 is 16.0. The summed E-state index contributed by atoms with van der Waals surface area (Å²) in [5, 5.41) is 8.78. The quantitative estimate of drug-likeness (QED) is 0.514. The highest BCUT2D eigenvalue weighted by atomic mass is 19.1. The molecule has 4 aromatic rings. The van der Waals surface area contributed by atoms with Crippen molar-refractivity contribution in [1.29, 1.82) is 0 Å².